The first-order valence-electron chi connectivity index (χ1n) is 12.7. The number of fused-ring (bicyclic) bond motifs is 1. The molecule has 4 rings (SSSR count). The van der Waals surface area contributed by atoms with Crippen LogP contribution in [-0.4, -0.2) is 84.8 Å². The van der Waals surface area contributed by atoms with E-state index in [1.807, 2.05) is 13.0 Å². The van der Waals surface area contributed by atoms with Crippen LogP contribution in [0, 0.1) is 5.82 Å². The van der Waals surface area contributed by atoms with Crippen molar-refractivity contribution < 1.29 is 18.8 Å². The molecule has 0 radical (unpaired) electrons. The molecular weight excluding hydrogens is 532 g/mol. The highest BCUT2D eigenvalue weighted by molar-refractivity contribution is 6.35. The van der Waals surface area contributed by atoms with Gasteiger partial charge in [-0.1, -0.05) is 23.2 Å². The Kier molecular flexibility index (Phi) is 9.12. The minimum Gasteiger partial charge on any atom is -0.374 e. The largest absolute Gasteiger partial charge is 0.374 e. The Balaban J connectivity index is 1.26. The summed E-state index contributed by atoms with van der Waals surface area (Å²) in [5, 5.41) is 6.77. The molecule has 1 unspecified atom stereocenters. The summed E-state index contributed by atoms with van der Waals surface area (Å²) in [6, 6.07) is 7.48. The van der Waals surface area contributed by atoms with Crippen molar-refractivity contribution in [3.8, 4) is 0 Å². The lowest BCUT2D eigenvalue weighted by Gasteiger charge is -2.36. The second-order valence-corrected chi connectivity index (χ2v) is 10.5. The van der Waals surface area contributed by atoms with Crippen molar-refractivity contribution in [2.75, 3.05) is 57.7 Å². The number of rotatable bonds is 7. The van der Waals surface area contributed by atoms with Crippen LogP contribution in [0.5, 0.6) is 0 Å². The van der Waals surface area contributed by atoms with E-state index in [9.17, 15) is 18.8 Å². The molecule has 0 spiro atoms. The van der Waals surface area contributed by atoms with Gasteiger partial charge in [0, 0.05) is 68.3 Å². The zero-order valence-electron chi connectivity index (χ0n) is 21.5. The molecule has 2 heterocycles. The molecule has 38 heavy (non-hydrogen) atoms. The van der Waals surface area contributed by atoms with Crippen LogP contribution < -0.4 is 10.6 Å². The zero-order valence-corrected chi connectivity index (χ0v) is 23.0. The molecule has 0 saturated carbocycles. The summed E-state index contributed by atoms with van der Waals surface area (Å²) in [5.41, 5.74) is 2.27. The maximum Gasteiger partial charge on any atom is 0.251 e. The Hall–Kier alpha value is -2.88. The average Bonchev–Trinajstić information content (AvgIpc) is 2.87. The van der Waals surface area contributed by atoms with E-state index in [4.69, 9.17) is 23.2 Å². The summed E-state index contributed by atoms with van der Waals surface area (Å²) in [5.74, 6) is -1.09. The van der Waals surface area contributed by atoms with E-state index < -0.39 is 5.82 Å². The Bertz CT molecular complexity index is 1220. The van der Waals surface area contributed by atoms with E-state index in [-0.39, 0.29) is 41.6 Å². The van der Waals surface area contributed by atoms with E-state index in [1.165, 1.54) is 12.1 Å². The second-order valence-electron chi connectivity index (χ2n) is 9.63. The number of halogens is 3. The minimum absolute atomic E-state index is 0.0739. The lowest BCUT2D eigenvalue weighted by atomic mass is 9.93. The van der Waals surface area contributed by atoms with Crippen molar-refractivity contribution >= 4 is 46.6 Å². The van der Waals surface area contributed by atoms with Gasteiger partial charge in [0.1, 0.15) is 5.82 Å². The van der Waals surface area contributed by atoms with Crippen LogP contribution in [-0.2, 0) is 16.0 Å². The lowest BCUT2D eigenvalue weighted by molar-refractivity contribution is -0.132. The average molecular weight is 564 g/mol. The van der Waals surface area contributed by atoms with Crippen molar-refractivity contribution in [2.45, 2.75) is 26.3 Å². The first kappa shape index (κ1) is 28.1. The SMILES string of the molecule is CC(=O)N1CCN(CCNC(=O)c2ccc(NCC(=O)N3CCc4cc(Cl)cc(Cl)c4C3C)c(F)c2)CC1. The first-order valence-corrected chi connectivity index (χ1v) is 13.5. The standard InChI is InChI=1S/C27H32Cl2FN5O3/c1-17-26-19(13-21(28)15-22(26)29)5-7-35(17)25(37)16-32-24-4-3-20(14-23(24)30)27(38)31-6-8-33-9-11-34(12-10-33)18(2)36/h3-4,13-15,17,32H,5-12,16H2,1-2H3,(H,31,38). The lowest BCUT2D eigenvalue weighted by Crippen LogP contribution is -2.49. The van der Waals surface area contributed by atoms with Crippen LogP contribution >= 0.6 is 23.2 Å². The molecular formula is C27H32Cl2FN5O3. The molecule has 2 aliphatic rings. The van der Waals surface area contributed by atoms with Gasteiger partial charge in [0.15, 0.2) is 0 Å². The summed E-state index contributed by atoms with van der Waals surface area (Å²) in [6.45, 7) is 7.84. The third kappa shape index (κ3) is 6.57. The highest BCUT2D eigenvalue weighted by Crippen LogP contribution is 2.37. The van der Waals surface area contributed by atoms with E-state index in [1.54, 1.807) is 22.8 Å². The quantitative estimate of drug-likeness (QED) is 0.537. The molecule has 1 atom stereocenters. The van der Waals surface area contributed by atoms with Gasteiger partial charge in [-0.05, 0) is 54.8 Å². The summed E-state index contributed by atoms with van der Waals surface area (Å²) in [6.07, 6.45) is 0.637. The fraction of sp³-hybridized carbons (Fsp3) is 0.444. The predicted octanol–water partition coefficient (Wildman–Crippen LogP) is 3.58. The number of carbonyl (C=O) groups excluding carboxylic acids is 3. The van der Waals surface area contributed by atoms with Crippen LogP contribution in [0.3, 0.4) is 0 Å². The van der Waals surface area contributed by atoms with Gasteiger partial charge in [-0.25, -0.2) is 4.39 Å². The highest BCUT2D eigenvalue weighted by Gasteiger charge is 2.29. The zero-order chi connectivity index (χ0) is 27.4. The summed E-state index contributed by atoms with van der Waals surface area (Å²) < 4.78 is 14.7. The van der Waals surface area contributed by atoms with Crippen molar-refractivity contribution in [1.82, 2.24) is 20.0 Å². The second kappa shape index (κ2) is 12.3. The van der Waals surface area contributed by atoms with Gasteiger partial charge in [0.05, 0.1) is 18.3 Å². The monoisotopic (exact) mass is 563 g/mol. The molecule has 2 aromatic carbocycles. The molecule has 1 saturated heterocycles. The summed E-state index contributed by atoms with van der Waals surface area (Å²) in [4.78, 5) is 42.6. The van der Waals surface area contributed by atoms with E-state index in [0.717, 1.165) is 30.3 Å². The van der Waals surface area contributed by atoms with Crippen LogP contribution in [0.15, 0.2) is 30.3 Å². The smallest absolute Gasteiger partial charge is 0.251 e. The van der Waals surface area contributed by atoms with Crippen molar-refractivity contribution in [2.24, 2.45) is 0 Å². The highest BCUT2D eigenvalue weighted by atomic mass is 35.5. The molecule has 0 aromatic heterocycles. The topological polar surface area (TPSA) is 85.0 Å². The summed E-state index contributed by atoms with van der Waals surface area (Å²) in [7, 11) is 0. The Morgan fingerprint density at radius 1 is 1.05 bits per heavy atom. The maximum absolute atomic E-state index is 14.7. The maximum atomic E-state index is 14.7. The van der Waals surface area contributed by atoms with E-state index in [2.05, 4.69) is 15.5 Å². The number of nitrogens with zero attached hydrogens (tertiary/aromatic N) is 3. The normalized spacial score (nSPS) is 17.7. The molecule has 8 nitrogen and oxygen atoms in total. The third-order valence-corrected chi connectivity index (χ3v) is 7.73. The van der Waals surface area contributed by atoms with Gasteiger partial charge in [-0.2, -0.15) is 0 Å². The van der Waals surface area contributed by atoms with Crippen LogP contribution in [0.1, 0.15) is 41.4 Å². The van der Waals surface area contributed by atoms with Crippen LogP contribution in [0.2, 0.25) is 10.0 Å². The van der Waals surface area contributed by atoms with Crippen LogP contribution in [0.25, 0.3) is 0 Å². The Morgan fingerprint density at radius 2 is 1.79 bits per heavy atom. The third-order valence-electron chi connectivity index (χ3n) is 7.20. The predicted molar refractivity (Wildman–Crippen MR) is 146 cm³/mol. The summed E-state index contributed by atoms with van der Waals surface area (Å²) >= 11 is 12.5. The van der Waals surface area contributed by atoms with Crippen molar-refractivity contribution in [1.29, 1.82) is 0 Å². The molecule has 0 bridgehead atoms. The number of piperazine rings is 1. The number of amides is 3. The van der Waals surface area contributed by atoms with E-state index >= 15 is 0 Å². The van der Waals surface area contributed by atoms with Crippen LogP contribution in [0.4, 0.5) is 10.1 Å². The first-order chi connectivity index (χ1) is 18.1. The molecule has 204 valence electrons. The van der Waals surface area contributed by atoms with Crippen molar-refractivity contribution in [3.63, 3.8) is 0 Å². The molecule has 2 aromatic rings. The van der Waals surface area contributed by atoms with Gasteiger partial charge in [-0.15, -0.1) is 0 Å². The Labute approximate surface area is 232 Å². The van der Waals surface area contributed by atoms with E-state index in [0.29, 0.717) is 49.2 Å². The minimum atomic E-state index is -0.611. The fourth-order valence-corrected chi connectivity index (χ4v) is 5.73. The van der Waals surface area contributed by atoms with Gasteiger partial charge in [0.25, 0.3) is 5.91 Å². The van der Waals surface area contributed by atoms with Crippen molar-refractivity contribution in [3.05, 3.63) is 62.9 Å². The molecule has 0 aliphatic carbocycles. The molecule has 2 N–H and O–H groups in total. The Morgan fingerprint density at radius 3 is 2.47 bits per heavy atom. The number of carbonyl (C=O) groups is 3. The van der Waals surface area contributed by atoms with Gasteiger partial charge < -0.3 is 20.4 Å². The van der Waals surface area contributed by atoms with Gasteiger partial charge in [-0.3, -0.25) is 19.3 Å². The molecule has 11 heteroatoms. The number of benzene rings is 2. The number of nitrogens with one attached hydrogen (secondary N) is 2. The van der Waals surface area contributed by atoms with Gasteiger partial charge >= 0.3 is 0 Å². The number of hydrogen-bond acceptors (Lipinski definition) is 5. The van der Waals surface area contributed by atoms with Gasteiger partial charge in [0.2, 0.25) is 11.8 Å². The number of hydrogen-bond donors (Lipinski definition) is 2. The molecule has 3 amide bonds. The molecule has 2 aliphatic heterocycles. The fourth-order valence-electron chi connectivity index (χ4n) is 5.03. The molecule has 1 fully saturated rings. The number of anilines is 1.